The van der Waals surface area contributed by atoms with Gasteiger partial charge in [-0.3, -0.25) is 9.59 Å². The first-order valence-electron chi connectivity index (χ1n) is 8.32. The molecule has 5 heteroatoms. The van der Waals surface area contributed by atoms with Crippen molar-refractivity contribution in [3.05, 3.63) is 64.5 Å². The van der Waals surface area contributed by atoms with Gasteiger partial charge >= 0.3 is 5.97 Å². The summed E-state index contributed by atoms with van der Waals surface area (Å²) in [6.45, 7) is 3.27. The quantitative estimate of drug-likeness (QED) is 0.397. The highest BCUT2D eigenvalue weighted by atomic mass is 16.5. The van der Waals surface area contributed by atoms with E-state index < -0.39 is 5.97 Å². The summed E-state index contributed by atoms with van der Waals surface area (Å²) in [6, 6.07) is 12.7. The number of benzene rings is 2. The molecule has 0 saturated heterocycles. The highest BCUT2D eigenvalue weighted by Crippen LogP contribution is 2.30. The van der Waals surface area contributed by atoms with E-state index in [-0.39, 0.29) is 5.43 Å². The number of carbonyl (C=O) groups excluding carboxylic acids is 1. The van der Waals surface area contributed by atoms with Gasteiger partial charge in [0.15, 0.2) is 0 Å². The van der Waals surface area contributed by atoms with Gasteiger partial charge in [0.2, 0.25) is 5.43 Å². The smallest absolute Gasteiger partial charge is 0.308 e. The van der Waals surface area contributed by atoms with Crippen molar-refractivity contribution in [3.63, 3.8) is 0 Å². The van der Waals surface area contributed by atoms with E-state index in [0.717, 1.165) is 10.9 Å². The number of rotatable bonds is 3. The van der Waals surface area contributed by atoms with Crippen molar-refractivity contribution < 1.29 is 18.4 Å². The molecule has 0 aliphatic rings. The molecule has 0 radical (unpaired) electrons. The Hall–Kier alpha value is -3.34. The zero-order valence-corrected chi connectivity index (χ0v) is 14.4. The number of aryl methyl sites for hydroxylation is 1. The average Bonchev–Trinajstić information content (AvgIpc) is 3.05. The number of hydrogen-bond acceptors (Lipinski definition) is 5. The van der Waals surface area contributed by atoms with Gasteiger partial charge in [-0.1, -0.05) is 25.1 Å². The molecule has 0 bridgehead atoms. The Morgan fingerprint density at radius 2 is 1.92 bits per heavy atom. The summed E-state index contributed by atoms with van der Waals surface area (Å²) in [7, 11) is 0. The molecule has 0 spiro atoms. The van der Waals surface area contributed by atoms with Crippen LogP contribution in [0.1, 0.15) is 19.4 Å². The maximum atomic E-state index is 13.0. The van der Waals surface area contributed by atoms with Crippen LogP contribution in [0.25, 0.3) is 33.3 Å². The fourth-order valence-corrected chi connectivity index (χ4v) is 3.01. The average molecular weight is 348 g/mol. The van der Waals surface area contributed by atoms with Crippen molar-refractivity contribution in [2.45, 2.75) is 20.3 Å². The fraction of sp³-hybridized carbons (Fsp3) is 0.143. The molecular formula is C21H16O5. The number of ether oxygens (including phenoxy) is 1. The maximum Gasteiger partial charge on any atom is 0.308 e. The Morgan fingerprint density at radius 3 is 2.65 bits per heavy atom. The van der Waals surface area contributed by atoms with E-state index >= 15 is 0 Å². The van der Waals surface area contributed by atoms with Crippen LogP contribution in [0.5, 0.6) is 5.75 Å². The number of furan rings is 1. The summed E-state index contributed by atoms with van der Waals surface area (Å²) in [5, 5.41) is 1.34. The number of fused-ring (bicyclic) bond motifs is 2. The summed E-state index contributed by atoms with van der Waals surface area (Å²) in [5.41, 5.74) is 2.01. The number of para-hydroxylation sites is 1. The Balaban J connectivity index is 1.91. The van der Waals surface area contributed by atoms with E-state index in [1.165, 1.54) is 13.2 Å². The lowest BCUT2D eigenvalue weighted by atomic mass is 10.1. The number of hydrogen-bond donors (Lipinski definition) is 0. The molecule has 2 aromatic heterocycles. The van der Waals surface area contributed by atoms with Crippen LogP contribution in [0.2, 0.25) is 0 Å². The van der Waals surface area contributed by atoms with Crippen molar-refractivity contribution in [2.24, 2.45) is 0 Å². The zero-order valence-electron chi connectivity index (χ0n) is 14.4. The molecule has 0 aliphatic heterocycles. The monoisotopic (exact) mass is 348 g/mol. The molecular weight excluding hydrogens is 332 g/mol. The van der Waals surface area contributed by atoms with Gasteiger partial charge in [0, 0.05) is 18.4 Å². The Bertz CT molecular complexity index is 1160. The molecule has 0 amide bonds. The summed E-state index contributed by atoms with van der Waals surface area (Å²) < 4.78 is 16.7. The zero-order chi connectivity index (χ0) is 18.3. The predicted octanol–water partition coefficient (Wildman–Crippen LogP) is 4.69. The first-order chi connectivity index (χ1) is 12.6. The topological polar surface area (TPSA) is 69.7 Å². The van der Waals surface area contributed by atoms with Crippen molar-refractivity contribution in [2.75, 3.05) is 0 Å². The van der Waals surface area contributed by atoms with Crippen LogP contribution >= 0.6 is 0 Å². The summed E-state index contributed by atoms with van der Waals surface area (Å²) in [6.07, 6.45) is 2.00. The second-order valence-electron chi connectivity index (χ2n) is 6.03. The van der Waals surface area contributed by atoms with Crippen LogP contribution in [0, 0.1) is 0 Å². The highest BCUT2D eigenvalue weighted by Gasteiger charge is 2.16. The molecule has 0 N–H and O–H groups in total. The fourth-order valence-electron chi connectivity index (χ4n) is 3.01. The number of carbonyl (C=O) groups is 1. The molecule has 2 aromatic carbocycles. The van der Waals surface area contributed by atoms with E-state index in [1.54, 1.807) is 12.1 Å². The second kappa shape index (κ2) is 6.19. The van der Waals surface area contributed by atoms with E-state index in [4.69, 9.17) is 13.6 Å². The Kier molecular flexibility index (Phi) is 3.84. The first-order valence-corrected chi connectivity index (χ1v) is 8.32. The lowest BCUT2D eigenvalue weighted by Crippen LogP contribution is -2.07. The van der Waals surface area contributed by atoms with Gasteiger partial charge in [-0.15, -0.1) is 0 Å². The summed E-state index contributed by atoms with van der Waals surface area (Å²) in [4.78, 5) is 24.3. The van der Waals surface area contributed by atoms with Crippen LogP contribution in [0.15, 0.2) is 62.4 Å². The van der Waals surface area contributed by atoms with Gasteiger partial charge in [0.1, 0.15) is 34.5 Å². The van der Waals surface area contributed by atoms with E-state index in [9.17, 15) is 9.59 Å². The lowest BCUT2D eigenvalue weighted by molar-refractivity contribution is -0.131. The standard InChI is InChI=1S/C21H16O5/c1-3-13-8-15-19(10-18(13)25-12(2)22)24-11-16(21(15)23)20-9-14-6-4-5-7-17(14)26-20/h4-11H,3H2,1-2H3. The first kappa shape index (κ1) is 16.1. The van der Waals surface area contributed by atoms with Gasteiger partial charge in [-0.25, -0.2) is 0 Å². The molecule has 130 valence electrons. The minimum atomic E-state index is -0.416. The van der Waals surface area contributed by atoms with Crippen LogP contribution in [-0.4, -0.2) is 5.97 Å². The van der Waals surface area contributed by atoms with Gasteiger partial charge in [-0.2, -0.15) is 0 Å². The number of esters is 1. The molecule has 0 fully saturated rings. The summed E-state index contributed by atoms with van der Waals surface area (Å²) >= 11 is 0. The third-order valence-electron chi connectivity index (χ3n) is 4.28. The third kappa shape index (κ3) is 2.67. The SMILES string of the molecule is CCc1cc2c(=O)c(-c3cc4ccccc4o3)coc2cc1OC(C)=O. The Labute approximate surface area is 148 Å². The van der Waals surface area contributed by atoms with Gasteiger partial charge in [0.25, 0.3) is 0 Å². The third-order valence-corrected chi connectivity index (χ3v) is 4.28. The van der Waals surface area contributed by atoms with E-state index in [0.29, 0.717) is 40.0 Å². The van der Waals surface area contributed by atoms with Crippen molar-refractivity contribution in [1.29, 1.82) is 0 Å². The molecule has 0 saturated carbocycles. The van der Waals surface area contributed by atoms with Crippen molar-refractivity contribution in [3.8, 4) is 17.1 Å². The summed E-state index contributed by atoms with van der Waals surface area (Å²) in [5.74, 6) is 0.455. The van der Waals surface area contributed by atoms with Gasteiger partial charge in [-0.05, 0) is 30.2 Å². The molecule has 0 atom stereocenters. The molecule has 26 heavy (non-hydrogen) atoms. The van der Waals surface area contributed by atoms with E-state index in [1.807, 2.05) is 37.3 Å². The second-order valence-corrected chi connectivity index (χ2v) is 6.03. The minimum Gasteiger partial charge on any atom is -0.463 e. The van der Waals surface area contributed by atoms with E-state index in [2.05, 4.69) is 0 Å². The molecule has 0 aliphatic carbocycles. The molecule has 4 aromatic rings. The van der Waals surface area contributed by atoms with Crippen molar-refractivity contribution in [1.82, 2.24) is 0 Å². The molecule has 2 heterocycles. The predicted molar refractivity (Wildman–Crippen MR) is 98.4 cm³/mol. The minimum absolute atomic E-state index is 0.186. The van der Waals surface area contributed by atoms with Crippen LogP contribution < -0.4 is 10.2 Å². The molecule has 0 unspecified atom stereocenters. The molecule has 5 nitrogen and oxygen atoms in total. The lowest BCUT2D eigenvalue weighted by Gasteiger charge is -2.09. The van der Waals surface area contributed by atoms with Crippen LogP contribution in [-0.2, 0) is 11.2 Å². The van der Waals surface area contributed by atoms with Crippen LogP contribution in [0.3, 0.4) is 0 Å². The largest absolute Gasteiger partial charge is 0.463 e. The van der Waals surface area contributed by atoms with Crippen molar-refractivity contribution >= 4 is 27.9 Å². The van der Waals surface area contributed by atoms with Gasteiger partial charge in [0.05, 0.1) is 5.39 Å². The maximum absolute atomic E-state index is 13.0. The Morgan fingerprint density at radius 1 is 1.12 bits per heavy atom. The normalized spacial score (nSPS) is 11.2. The highest BCUT2D eigenvalue weighted by molar-refractivity contribution is 5.87. The molecule has 4 rings (SSSR count). The van der Waals surface area contributed by atoms with Crippen LogP contribution in [0.4, 0.5) is 0 Å². The van der Waals surface area contributed by atoms with Gasteiger partial charge < -0.3 is 13.6 Å².